The topological polar surface area (TPSA) is 35.5 Å². The second-order valence-electron chi connectivity index (χ2n) is 1.76. The van der Waals surface area contributed by atoms with Crippen LogP contribution in [-0.4, -0.2) is 58.1 Å². The molecular weight excluding hydrogens is 259 g/mol. The molecule has 0 aliphatic heterocycles. The van der Waals surface area contributed by atoms with E-state index < -0.39 is 17.0 Å². The molecule has 8 heteroatoms. The molecule has 0 aromatic carbocycles. The van der Waals surface area contributed by atoms with Crippen LogP contribution >= 0.6 is 50.5 Å². The van der Waals surface area contributed by atoms with Gasteiger partial charge in [-0.05, 0) is 0 Å². The van der Waals surface area contributed by atoms with Gasteiger partial charge in [0.05, 0.1) is 0 Å². The number of carbonyl (C=O) groups is 1. The SMILES string of the molecule is O=C(OC(S)CS)OC(S)CS.[NaH]. The Morgan fingerprint density at radius 1 is 1.08 bits per heavy atom. The Balaban J connectivity index is 0. The van der Waals surface area contributed by atoms with E-state index in [4.69, 9.17) is 0 Å². The molecule has 74 valence electrons. The van der Waals surface area contributed by atoms with Crippen LogP contribution in [0.1, 0.15) is 0 Å². The second kappa shape index (κ2) is 10.2. The van der Waals surface area contributed by atoms with E-state index in [9.17, 15) is 4.79 Å². The van der Waals surface area contributed by atoms with E-state index in [2.05, 4.69) is 60.0 Å². The molecule has 0 aromatic heterocycles. The fourth-order valence-electron chi connectivity index (χ4n) is 0.324. The fourth-order valence-corrected chi connectivity index (χ4v) is 0.646. The molecule has 3 nitrogen and oxygen atoms in total. The van der Waals surface area contributed by atoms with Gasteiger partial charge >= 0.3 is 35.7 Å². The summed E-state index contributed by atoms with van der Waals surface area (Å²) in [6.45, 7) is 0. The monoisotopic (exact) mass is 270 g/mol. The van der Waals surface area contributed by atoms with E-state index in [1.165, 1.54) is 0 Å². The molecule has 0 fully saturated rings. The van der Waals surface area contributed by atoms with Crippen LogP contribution in [-0.2, 0) is 9.47 Å². The van der Waals surface area contributed by atoms with Crippen molar-refractivity contribution in [2.45, 2.75) is 10.9 Å². The molecule has 2 atom stereocenters. The third kappa shape index (κ3) is 9.96. The Hall–Kier alpha value is 1.67. The summed E-state index contributed by atoms with van der Waals surface area (Å²) in [5.41, 5.74) is -1.11. The average Bonchev–Trinajstić information content (AvgIpc) is 2.03. The Kier molecular flexibility index (Phi) is 13.4. The van der Waals surface area contributed by atoms with Crippen molar-refractivity contribution in [3.8, 4) is 0 Å². The van der Waals surface area contributed by atoms with Crippen molar-refractivity contribution in [1.29, 1.82) is 0 Å². The maximum atomic E-state index is 10.8. The Morgan fingerprint density at radius 2 is 1.38 bits per heavy atom. The van der Waals surface area contributed by atoms with Gasteiger partial charge in [0.25, 0.3) is 0 Å². The first-order valence-electron chi connectivity index (χ1n) is 3.05. The van der Waals surface area contributed by atoms with E-state index in [1.54, 1.807) is 0 Å². The molecule has 13 heavy (non-hydrogen) atoms. The van der Waals surface area contributed by atoms with E-state index >= 15 is 0 Å². The van der Waals surface area contributed by atoms with Gasteiger partial charge in [-0.25, -0.2) is 4.79 Å². The van der Waals surface area contributed by atoms with E-state index in [-0.39, 0.29) is 29.6 Å². The molecule has 0 N–H and O–H groups in total. The molecule has 0 bridgehead atoms. The van der Waals surface area contributed by atoms with Crippen LogP contribution in [0.2, 0.25) is 0 Å². The molecule has 0 rings (SSSR count). The van der Waals surface area contributed by atoms with Crippen LogP contribution in [0.15, 0.2) is 0 Å². The molecule has 0 aliphatic carbocycles. The van der Waals surface area contributed by atoms with Crippen LogP contribution < -0.4 is 0 Å². The van der Waals surface area contributed by atoms with Crippen molar-refractivity contribution in [1.82, 2.24) is 0 Å². The van der Waals surface area contributed by atoms with Crippen LogP contribution in [0.5, 0.6) is 0 Å². The van der Waals surface area contributed by atoms with Crippen LogP contribution in [0.3, 0.4) is 0 Å². The van der Waals surface area contributed by atoms with Crippen molar-refractivity contribution in [2.24, 2.45) is 0 Å². The van der Waals surface area contributed by atoms with Crippen molar-refractivity contribution >= 4 is 86.2 Å². The Bertz CT molecular complexity index is 134. The van der Waals surface area contributed by atoms with Crippen molar-refractivity contribution in [3.63, 3.8) is 0 Å². The first kappa shape index (κ1) is 17.1. The molecule has 2 unspecified atom stereocenters. The number of hydrogen-bond acceptors (Lipinski definition) is 7. The molecule has 0 aliphatic rings. The first-order valence-corrected chi connectivity index (χ1v) is 5.35. The number of carbonyl (C=O) groups excluding carboxylic acids is 1. The summed E-state index contributed by atoms with van der Waals surface area (Å²) in [5, 5.41) is 0. The predicted molar refractivity (Wildman–Crippen MR) is 68.0 cm³/mol. The summed E-state index contributed by atoms with van der Waals surface area (Å²) >= 11 is 15.5. The molecule has 0 saturated heterocycles. The summed E-state index contributed by atoms with van der Waals surface area (Å²) in [6.07, 6.45) is -0.807. The third-order valence-electron chi connectivity index (χ3n) is 0.777. The molecular formula is C5H11NaO3S4. The van der Waals surface area contributed by atoms with Gasteiger partial charge in [-0.15, -0.1) is 25.3 Å². The van der Waals surface area contributed by atoms with Gasteiger partial charge in [-0.2, -0.15) is 25.3 Å². The molecule has 0 amide bonds. The van der Waals surface area contributed by atoms with Gasteiger partial charge in [-0.3, -0.25) is 0 Å². The molecule has 0 radical (unpaired) electrons. The van der Waals surface area contributed by atoms with Crippen molar-refractivity contribution < 1.29 is 14.3 Å². The van der Waals surface area contributed by atoms with E-state index in [0.29, 0.717) is 11.5 Å². The van der Waals surface area contributed by atoms with Crippen molar-refractivity contribution in [2.75, 3.05) is 11.5 Å². The zero-order valence-electron chi connectivity index (χ0n) is 6.08. The normalized spacial score (nSPS) is 13.8. The van der Waals surface area contributed by atoms with Crippen LogP contribution in [0, 0.1) is 0 Å². The van der Waals surface area contributed by atoms with Gasteiger partial charge in [0, 0.05) is 11.5 Å². The molecule has 0 saturated carbocycles. The first-order chi connectivity index (χ1) is 5.60. The minimum atomic E-state index is -0.807. The van der Waals surface area contributed by atoms with Crippen LogP contribution in [0.25, 0.3) is 0 Å². The van der Waals surface area contributed by atoms with Gasteiger partial charge in [0.15, 0.2) is 10.9 Å². The minimum absolute atomic E-state index is 0. The number of ether oxygens (including phenoxy) is 2. The molecule has 0 spiro atoms. The summed E-state index contributed by atoms with van der Waals surface area (Å²) in [6, 6.07) is 0. The maximum absolute atomic E-state index is 10.8. The summed E-state index contributed by atoms with van der Waals surface area (Å²) in [5.74, 6) is 0.659. The Labute approximate surface area is 122 Å². The number of thiol groups is 4. The van der Waals surface area contributed by atoms with Crippen molar-refractivity contribution in [3.05, 3.63) is 0 Å². The average molecular weight is 270 g/mol. The number of rotatable bonds is 4. The van der Waals surface area contributed by atoms with Gasteiger partial charge in [-0.1, -0.05) is 0 Å². The number of hydrogen-bond donors (Lipinski definition) is 4. The van der Waals surface area contributed by atoms with Gasteiger partial charge < -0.3 is 9.47 Å². The summed E-state index contributed by atoms with van der Waals surface area (Å²) < 4.78 is 9.23. The molecule has 0 aromatic rings. The predicted octanol–water partition coefficient (Wildman–Crippen LogP) is 0.862. The second-order valence-corrected chi connectivity index (χ2v) is 3.64. The zero-order chi connectivity index (χ0) is 9.56. The van der Waals surface area contributed by atoms with Crippen LogP contribution in [0.4, 0.5) is 4.79 Å². The summed E-state index contributed by atoms with van der Waals surface area (Å²) in [4.78, 5) is 10.8. The third-order valence-corrected chi connectivity index (χ3v) is 2.59. The summed E-state index contributed by atoms with van der Waals surface area (Å²) in [7, 11) is 0. The van der Waals surface area contributed by atoms with E-state index in [1.807, 2.05) is 0 Å². The quantitative estimate of drug-likeness (QED) is 0.265. The fraction of sp³-hybridized carbons (Fsp3) is 0.800. The standard InChI is InChI=1S/C5H10O3S4.Na.H/c6-5(7-3(11)1-9)8-4(12)2-10;;/h3-4,9-12H,1-2H2;;. The van der Waals surface area contributed by atoms with Gasteiger partial charge in [0.1, 0.15) is 0 Å². The van der Waals surface area contributed by atoms with Gasteiger partial charge in [0.2, 0.25) is 0 Å². The Morgan fingerprint density at radius 3 is 1.62 bits per heavy atom. The molecule has 0 heterocycles. The zero-order valence-corrected chi connectivity index (χ0v) is 9.66. The van der Waals surface area contributed by atoms with E-state index in [0.717, 1.165) is 0 Å².